The van der Waals surface area contributed by atoms with Crippen LogP contribution in [-0.2, 0) is 6.54 Å². The van der Waals surface area contributed by atoms with Crippen LogP contribution in [0.5, 0.6) is 5.75 Å². The summed E-state index contributed by atoms with van der Waals surface area (Å²) in [7, 11) is 0. The molecule has 98 valence electrons. The van der Waals surface area contributed by atoms with Crippen LogP contribution in [0.3, 0.4) is 0 Å². The minimum Gasteiger partial charge on any atom is -0.487 e. The Labute approximate surface area is 106 Å². The van der Waals surface area contributed by atoms with Crippen molar-refractivity contribution < 1.29 is 13.5 Å². The first-order chi connectivity index (χ1) is 8.70. The van der Waals surface area contributed by atoms with Gasteiger partial charge in [0, 0.05) is 12.6 Å². The lowest BCUT2D eigenvalue weighted by Crippen LogP contribution is -2.15. The molecule has 1 aliphatic rings. The van der Waals surface area contributed by atoms with Gasteiger partial charge in [0.15, 0.2) is 17.4 Å². The molecule has 0 amide bonds. The number of ether oxygens (including phenoxy) is 1. The highest BCUT2D eigenvalue weighted by Crippen LogP contribution is 2.24. The van der Waals surface area contributed by atoms with Gasteiger partial charge in [-0.3, -0.25) is 0 Å². The third-order valence-electron chi connectivity index (χ3n) is 2.80. The van der Waals surface area contributed by atoms with Gasteiger partial charge < -0.3 is 10.1 Å². The number of nitrogens with one attached hydrogen (secondary N) is 1. The first-order valence-electron chi connectivity index (χ1n) is 6.15. The zero-order valence-corrected chi connectivity index (χ0v) is 10.2. The highest BCUT2D eigenvalue weighted by Gasteiger charge is 2.20. The Morgan fingerprint density at radius 2 is 2.00 bits per heavy atom. The SMILES string of the molecule is C=CCCOc1c(F)cc(CNC2CC2)cc1F. The van der Waals surface area contributed by atoms with E-state index in [1.807, 2.05) is 0 Å². The van der Waals surface area contributed by atoms with Crippen molar-refractivity contribution in [1.82, 2.24) is 5.32 Å². The number of benzene rings is 1. The molecule has 0 bridgehead atoms. The van der Waals surface area contributed by atoms with Crippen LogP contribution in [0.15, 0.2) is 24.8 Å². The van der Waals surface area contributed by atoms with Crippen molar-refractivity contribution in [2.24, 2.45) is 0 Å². The third kappa shape index (κ3) is 3.53. The Morgan fingerprint density at radius 3 is 2.56 bits per heavy atom. The summed E-state index contributed by atoms with van der Waals surface area (Å²) in [6.07, 6.45) is 4.50. The monoisotopic (exact) mass is 253 g/mol. The predicted molar refractivity (Wildman–Crippen MR) is 66.5 cm³/mol. The summed E-state index contributed by atoms with van der Waals surface area (Å²) in [6.45, 7) is 4.25. The van der Waals surface area contributed by atoms with E-state index in [-0.39, 0.29) is 12.4 Å². The van der Waals surface area contributed by atoms with Crippen LogP contribution < -0.4 is 10.1 Å². The molecular formula is C14H17F2NO. The Morgan fingerprint density at radius 1 is 1.33 bits per heavy atom. The van der Waals surface area contributed by atoms with Gasteiger partial charge in [0.05, 0.1) is 6.61 Å². The second-order valence-corrected chi connectivity index (χ2v) is 4.47. The molecule has 2 nitrogen and oxygen atoms in total. The van der Waals surface area contributed by atoms with E-state index in [9.17, 15) is 8.78 Å². The van der Waals surface area contributed by atoms with Gasteiger partial charge >= 0.3 is 0 Å². The van der Waals surface area contributed by atoms with Crippen LogP contribution in [0.4, 0.5) is 8.78 Å². The van der Waals surface area contributed by atoms with Crippen LogP contribution in [0.2, 0.25) is 0 Å². The summed E-state index contributed by atoms with van der Waals surface area (Å²) in [5, 5.41) is 3.21. The van der Waals surface area contributed by atoms with E-state index >= 15 is 0 Å². The minimum atomic E-state index is -0.647. The molecule has 0 saturated heterocycles. The zero-order valence-electron chi connectivity index (χ0n) is 10.2. The second-order valence-electron chi connectivity index (χ2n) is 4.47. The first-order valence-corrected chi connectivity index (χ1v) is 6.15. The van der Waals surface area contributed by atoms with E-state index in [4.69, 9.17) is 4.74 Å². The molecule has 1 aromatic rings. The molecule has 0 aliphatic heterocycles. The van der Waals surface area contributed by atoms with Crippen LogP contribution >= 0.6 is 0 Å². The van der Waals surface area contributed by atoms with Crippen molar-refractivity contribution in [3.05, 3.63) is 42.0 Å². The first kappa shape index (κ1) is 13.0. The maximum Gasteiger partial charge on any atom is 0.190 e. The van der Waals surface area contributed by atoms with Crippen molar-refractivity contribution in [2.45, 2.75) is 31.8 Å². The van der Waals surface area contributed by atoms with Gasteiger partial charge in [-0.1, -0.05) is 6.08 Å². The summed E-state index contributed by atoms with van der Waals surface area (Å²) in [5.41, 5.74) is 0.605. The molecule has 1 N–H and O–H groups in total. The van der Waals surface area contributed by atoms with Gasteiger partial charge in [-0.2, -0.15) is 0 Å². The van der Waals surface area contributed by atoms with Crippen molar-refractivity contribution in [3.63, 3.8) is 0 Å². The van der Waals surface area contributed by atoms with E-state index in [1.165, 1.54) is 12.1 Å². The maximum atomic E-state index is 13.7. The lowest BCUT2D eigenvalue weighted by Gasteiger charge is -2.10. The normalized spacial score (nSPS) is 14.6. The minimum absolute atomic E-state index is 0.233. The fraction of sp³-hybridized carbons (Fsp3) is 0.429. The van der Waals surface area contributed by atoms with Crippen molar-refractivity contribution in [1.29, 1.82) is 0 Å². The average molecular weight is 253 g/mol. The molecule has 4 heteroatoms. The van der Waals surface area contributed by atoms with Gasteiger partial charge in [-0.15, -0.1) is 6.58 Å². The Bertz CT molecular complexity index is 407. The summed E-state index contributed by atoms with van der Waals surface area (Å²) in [5.74, 6) is -1.59. The van der Waals surface area contributed by atoms with E-state index in [1.54, 1.807) is 6.08 Å². The molecule has 1 aromatic carbocycles. The van der Waals surface area contributed by atoms with E-state index in [2.05, 4.69) is 11.9 Å². The molecule has 0 radical (unpaired) electrons. The van der Waals surface area contributed by atoms with Crippen LogP contribution in [-0.4, -0.2) is 12.6 Å². The van der Waals surface area contributed by atoms with E-state index in [0.717, 1.165) is 12.8 Å². The van der Waals surface area contributed by atoms with E-state index < -0.39 is 11.6 Å². The summed E-state index contributed by atoms with van der Waals surface area (Å²) >= 11 is 0. The van der Waals surface area contributed by atoms with Crippen LogP contribution in [0.1, 0.15) is 24.8 Å². The number of hydrogen-bond donors (Lipinski definition) is 1. The van der Waals surface area contributed by atoms with Crippen molar-refractivity contribution in [2.75, 3.05) is 6.61 Å². The smallest absolute Gasteiger partial charge is 0.190 e. The summed E-state index contributed by atoms with van der Waals surface area (Å²) in [6, 6.07) is 3.16. The third-order valence-corrected chi connectivity index (χ3v) is 2.80. The van der Waals surface area contributed by atoms with Crippen LogP contribution in [0.25, 0.3) is 0 Å². The molecule has 2 rings (SSSR count). The molecule has 0 unspecified atom stereocenters. The maximum absolute atomic E-state index is 13.7. The Hall–Kier alpha value is -1.42. The van der Waals surface area contributed by atoms with Gasteiger partial charge in [-0.05, 0) is 37.0 Å². The predicted octanol–water partition coefficient (Wildman–Crippen LogP) is 3.17. The quantitative estimate of drug-likeness (QED) is 0.595. The fourth-order valence-electron chi connectivity index (χ4n) is 1.65. The molecular weight excluding hydrogens is 236 g/mol. The van der Waals surface area contributed by atoms with Gasteiger partial charge in [0.1, 0.15) is 0 Å². The van der Waals surface area contributed by atoms with Gasteiger partial charge in [0.2, 0.25) is 0 Å². The standard InChI is InChI=1S/C14H17F2NO/c1-2-3-6-18-14-12(15)7-10(8-13(14)16)9-17-11-4-5-11/h2,7-8,11,17H,1,3-6,9H2. The van der Waals surface area contributed by atoms with Crippen LogP contribution in [0, 0.1) is 11.6 Å². The Balaban J connectivity index is 1.99. The van der Waals surface area contributed by atoms with Crippen molar-refractivity contribution >= 4 is 0 Å². The summed E-state index contributed by atoms with van der Waals surface area (Å²) < 4.78 is 32.4. The number of halogens is 2. The molecule has 0 aromatic heterocycles. The van der Waals surface area contributed by atoms with Gasteiger partial charge in [-0.25, -0.2) is 8.78 Å². The molecule has 18 heavy (non-hydrogen) atoms. The fourth-order valence-corrected chi connectivity index (χ4v) is 1.65. The molecule has 0 spiro atoms. The molecule has 0 heterocycles. The largest absolute Gasteiger partial charge is 0.487 e. The molecule has 1 saturated carbocycles. The van der Waals surface area contributed by atoms with Gasteiger partial charge in [0.25, 0.3) is 0 Å². The van der Waals surface area contributed by atoms with Crippen molar-refractivity contribution in [3.8, 4) is 5.75 Å². The average Bonchev–Trinajstić information content (AvgIpc) is 3.14. The molecule has 1 aliphatic carbocycles. The highest BCUT2D eigenvalue weighted by atomic mass is 19.1. The number of hydrogen-bond acceptors (Lipinski definition) is 2. The Kier molecular flexibility index (Phi) is 4.31. The second kappa shape index (κ2) is 5.96. The van der Waals surface area contributed by atoms with E-state index in [0.29, 0.717) is 24.6 Å². The lowest BCUT2D eigenvalue weighted by molar-refractivity contribution is 0.290. The summed E-state index contributed by atoms with van der Waals surface area (Å²) in [4.78, 5) is 0. The lowest BCUT2D eigenvalue weighted by atomic mass is 10.2. The molecule has 0 atom stereocenters. The number of rotatable bonds is 7. The highest BCUT2D eigenvalue weighted by molar-refractivity contribution is 5.31. The molecule has 1 fully saturated rings. The topological polar surface area (TPSA) is 21.3 Å². The zero-order chi connectivity index (χ0) is 13.0.